The summed E-state index contributed by atoms with van der Waals surface area (Å²) >= 11 is 1.54. The van der Waals surface area contributed by atoms with Crippen LogP contribution in [-0.2, 0) is 16.0 Å². The number of alkyl halides is 2. The highest BCUT2D eigenvalue weighted by atomic mass is 127. The number of carbonyl (C=O) groups is 1. The van der Waals surface area contributed by atoms with Crippen LogP contribution in [0.4, 0.5) is 13.2 Å². The van der Waals surface area contributed by atoms with Crippen molar-refractivity contribution in [3.8, 4) is 0 Å². The van der Waals surface area contributed by atoms with Crippen molar-refractivity contribution < 1.29 is 22.7 Å². The molecule has 1 heterocycles. The van der Waals surface area contributed by atoms with Gasteiger partial charge in [-0.3, -0.25) is 9.78 Å². The van der Waals surface area contributed by atoms with Crippen molar-refractivity contribution in [2.45, 2.75) is 12.8 Å². The fourth-order valence-corrected chi connectivity index (χ4v) is 1.87. The third-order valence-corrected chi connectivity index (χ3v) is 3.05. The van der Waals surface area contributed by atoms with E-state index in [0.717, 1.165) is 7.11 Å². The maximum atomic E-state index is 13.3. The highest BCUT2D eigenvalue weighted by Gasteiger charge is 2.21. The highest BCUT2D eigenvalue weighted by Crippen LogP contribution is 2.26. The van der Waals surface area contributed by atoms with Crippen molar-refractivity contribution in [1.29, 1.82) is 0 Å². The van der Waals surface area contributed by atoms with E-state index in [2.05, 4.69) is 9.72 Å². The number of nitrogens with zero attached hydrogens (tertiary/aromatic N) is 1. The minimum atomic E-state index is -2.80. The Kier molecular flexibility index (Phi) is 4.51. The van der Waals surface area contributed by atoms with Crippen LogP contribution in [0.3, 0.4) is 0 Å². The van der Waals surface area contributed by atoms with Gasteiger partial charge in [-0.15, -0.1) is 0 Å². The molecule has 0 saturated heterocycles. The molecule has 0 saturated carbocycles. The first kappa shape index (κ1) is 13.2. The minimum Gasteiger partial charge on any atom is -0.469 e. The zero-order valence-electron chi connectivity index (χ0n) is 8.14. The molecule has 0 aliphatic heterocycles. The molecule has 0 fully saturated rings. The first-order valence-corrected chi connectivity index (χ1v) is 5.23. The van der Waals surface area contributed by atoms with Crippen molar-refractivity contribution >= 4 is 28.6 Å². The van der Waals surface area contributed by atoms with Crippen LogP contribution in [0, 0.1) is 9.39 Å². The van der Waals surface area contributed by atoms with E-state index in [0.29, 0.717) is 6.20 Å². The van der Waals surface area contributed by atoms with Crippen LogP contribution in [0.25, 0.3) is 0 Å². The van der Waals surface area contributed by atoms with E-state index < -0.39 is 23.9 Å². The molecule has 88 valence electrons. The largest absolute Gasteiger partial charge is 0.469 e. The lowest BCUT2D eigenvalue weighted by Gasteiger charge is -2.08. The zero-order valence-corrected chi connectivity index (χ0v) is 10.3. The first-order chi connectivity index (χ1) is 7.47. The number of esters is 1. The number of ether oxygens (including phenoxy) is 1. The SMILES string of the molecule is COC(=O)Cc1c(F)cnc(C(F)F)c1I. The molecule has 7 heteroatoms. The molecule has 0 bridgehead atoms. The van der Waals surface area contributed by atoms with E-state index in [4.69, 9.17) is 0 Å². The molecule has 0 aliphatic carbocycles. The quantitative estimate of drug-likeness (QED) is 0.624. The monoisotopic (exact) mass is 345 g/mol. The molecule has 0 unspecified atom stereocenters. The van der Waals surface area contributed by atoms with Crippen molar-refractivity contribution in [2.75, 3.05) is 7.11 Å². The van der Waals surface area contributed by atoms with Gasteiger partial charge in [0.25, 0.3) is 6.43 Å². The molecular weight excluding hydrogens is 338 g/mol. The third kappa shape index (κ3) is 2.83. The van der Waals surface area contributed by atoms with Crippen molar-refractivity contribution in [3.05, 3.63) is 26.8 Å². The van der Waals surface area contributed by atoms with Crippen LogP contribution in [0.5, 0.6) is 0 Å². The molecule has 1 aromatic rings. The van der Waals surface area contributed by atoms with Crippen molar-refractivity contribution in [2.24, 2.45) is 0 Å². The van der Waals surface area contributed by atoms with Crippen LogP contribution in [0.15, 0.2) is 6.20 Å². The second-order valence-electron chi connectivity index (χ2n) is 2.84. The van der Waals surface area contributed by atoms with Gasteiger partial charge in [0.1, 0.15) is 11.5 Å². The molecule has 0 N–H and O–H groups in total. The average Bonchev–Trinajstić information content (AvgIpc) is 2.23. The summed E-state index contributed by atoms with van der Waals surface area (Å²) in [5, 5.41) is 0. The fraction of sp³-hybridized carbons (Fsp3) is 0.333. The number of methoxy groups -OCH3 is 1. The van der Waals surface area contributed by atoms with Gasteiger partial charge in [-0.25, -0.2) is 13.2 Å². The molecule has 1 aromatic heterocycles. The average molecular weight is 345 g/mol. The predicted molar refractivity (Wildman–Crippen MR) is 57.6 cm³/mol. The second-order valence-corrected chi connectivity index (χ2v) is 3.92. The molecule has 3 nitrogen and oxygen atoms in total. The topological polar surface area (TPSA) is 39.2 Å². The summed E-state index contributed by atoms with van der Waals surface area (Å²) in [7, 11) is 1.14. The van der Waals surface area contributed by atoms with E-state index in [1.54, 1.807) is 22.6 Å². The molecule has 0 spiro atoms. The minimum absolute atomic E-state index is 0.0435. The number of rotatable bonds is 3. The maximum absolute atomic E-state index is 13.3. The van der Waals surface area contributed by atoms with Crippen LogP contribution in [-0.4, -0.2) is 18.1 Å². The lowest BCUT2D eigenvalue weighted by atomic mass is 10.1. The van der Waals surface area contributed by atoms with E-state index >= 15 is 0 Å². The number of pyridine rings is 1. The number of hydrogen-bond donors (Lipinski definition) is 0. The maximum Gasteiger partial charge on any atom is 0.310 e. The van der Waals surface area contributed by atoms with Gasteiger partial charge in [-0.1, -0.05) is 0 Å². The molecule has 0 aromatic carbocycles. The lowest BCUT2D eigenvalue weighted by molar-refractivity contribution is -0.139. The summed E-state index contributed by atoms with van der Waals surface area (Å²) in [5.74, 6) is -1.48. The highest BCUT2D eigenvalue weighted by molar-refractivity contribution is 14.1. The molecule has 0 amide bonds. The molecular formula is C9H7F3INO2. The molecule has 0 atom stereocenters. The Morgan fingerprint density at radius 3 is 2.75 bits per heavy atom. The van der Waals surface area contributed by atoms with Gasteiger partial charge in [0.2, 0.25) is 0 Å². The smallest absolute Gasteiger partial charge is 0.310 e. The van der Waals surface area contributed by atoms with Crippen molar-refractivity contribution in [3.63, 3.8) is 0 Å². The van der Waals surface area contributed by atoms with Crippen LogP contribution < -0.4 is 0 Å². The number of halogens is 4. The predicted octanol–water partition coefficient (Wildman–Crippen LogP) is 2.48. The van der Waals surface area contributed by atoms with Crippen LogP contribution >= 0.6 is 22.6 Å². The van der Waals surface area contributed by atoms with Crippen LogP contribution in [0.2, 0.25) is 0 Å². The van der Waals surface area contributed by atoms with Gasteiger partial charge in [-0.2, -0.15) is 0 Å². The summed E-state index contributed by atoms with van der Waals surface area (Å²) in [6, 6.07) is 0. The summed E-state index contributed by atoms with van der Waals surface area (Å²) < 4.78 is 42.5. The summed E-state index contributed by atoms with van der Waals surface area (Å²) in [5.41, 5.74) is -0.640. The fourth-order valence-electron chi connectivity index (χ4n) is 1.05. The Morgan fingerprint density at radius 2 is 2.25 bits per heavy atom. The van der Waals surface area contributed by atoms with Gasteiger partial charge in [-0.05, 0) is 22.6 Å². The van der Waals surface area contributed by atoms with Gasteiger partial charge in [0.15, 0.2) is 0 Å². The summed E-state index contributed by atoms with van der Waals surface area (Å²) in [4.78, 5) is 14.3. The third-order valence-electron chi connectivity index (χ3n) is 1.85. The summed E-state index contributed by atoms with van der Waals surface area (Å²) in [6.07, 6.45) is -2.51. The molecule has 0 radical (unpaired) electrons. The van der Waals surface area contributed by atoms with E-state index in [-0.39, 0.29) is 15.6 Å². The second kappa shape index (κ2) is 5.46. The number of aromatic nitrogens is 1. The summed E-state index contributed by atoms with van der Waals surface area (Å²) in [6.45, 7) is 0. The van der Waals surface area contributed by atoms with E-state index in [1.807, 2.05) is 0 Å². The zero-order chi connectivity index (χ0) is 12.3. The Labute approximate surface area is 103 Å². The molecule has 0 aliphatic rings. The van der Waals surface area contributed by atoms with Gasteiger partial charge in [0, 0.05) is 9.13 Å². The standard InChI is InChI=1S/C9H7F3INO2/c1-16-6(15)2-4-5(10)3-14-8(7(4)13)9(11)12/h3,9H,2H2,1H3. The Bertz CT molecular complexity index is 412. The first-order valence-electron chi connectivity index (χ1n) is 4.15. The Hall–Kier alpha value is -0.860. The molecule has 1 rings (SSSR count). The van der Waals surface area contributed by atoms with E-state index in [9.17, 15) is 18.0 Å². The van der Waals surface area contributed by atoms with Gasteiger partial charge >= 0.3 is 5.97 Å². The van der Waals surface area contributed by atoms with Crippen LogP contribution in [0.1, 0.15) is 17.7 Å². The normalized spacial score (nSPS) is 10.6. The van der Waals surface area contributed by atoms with Crippen molar-refractivity contribution in [1.82, 2.24) is 4.98 Å². The lowest BCUT2D eigenvalue weighted by Crippen LogP contribution is -2.10. The Morgan fingerprint density at radius 1 is 1.62 bits per heavy atom. The van der Waals surface area contributed by atoms with Gasteiger partial charge in [0.05, 0.1) is 19.7 Å². The van der Waals surface area contributed by atoms with Gasteiger partial charge < -0.3 is 4.74 Å². The number of carbonyl (C=O) groups excluding carboxylic acids is 1. The molecule has 16 heavy (non-hydrogen) atoms. The van der Waals surface area contributed by atoms with E-state index in [1.165, 1.54) is 0 Å². The Balaban J connectivity index is 3.16. The number of hydrogen-bond acceptors (Lipinski definition) is 3.